The van der Waals surface area contributed by atoms with Crippen LogP contribution in [0.15, 0.2) is 53.1 Å². The Kier molecular flexibility index (Phi) is 4.86. The van der Waals surface area contributed by atoms with Crippen LogP contribution >= 0.6 is 0 Å². The van der Waals surface area contributed by atoms with Crippen molar-refractivity contribution >= 4 is 11.7 Å². The van der Waals surface area contributed by atoms with Crippen molar-refractivity contribution in [1.29, 1.82) is 0 Å². The van der Waals surface area contributed by atoms with Gasteiger partial charge in [0, 0.05) is 24.2 Å². The molecule has 1 N–H and O–H groups in total. The summed E-state index contributed by atoms with van der Waals surface area (Å²) in [7, 11) is 1.85. The van der Waals surface area contributed by atoms with Crippen molar-refractivity contribution in [2.75, 3.05) is 12.4 Å². The Morgan fingerprint density at radius 3 is 2.64 bits per heavy atom. The molecule has 1 atom stereocenters. The summed E-state index contributed by atoms with van der Waals surface area (Å²) in [6, 6.07) is 15.8. The average Bonchev–Trinajstić information content (AvgIpc) is 3.35. The first kappa shape index (κ1) is 18.2. The predicted octanol–water partition coefficient (Wildman–Crippen LogP) is 5.01. The standard InChI is InChI=1S/C22H24N4O2/c1-14(2)20-24-21(28-25-20)16-8-11-17(12-9-16)23-22(27)26(3)19-13-10-15-6-4-5-7-18(15)19/h4-9,11-12,14,19H,10,13H2,1-3H3,(H,23,27). The highest BCUT2D eigenvalue weighted by atomic mass is 16.5. The van der Waals surface area contributed by atoms with E-state index in [0.29, 0.717) is 11.7 Å². The van der Waals surface area contributed by atoms with E-state index in [4.69, 9.17) is 4.52 Å². The summed E-state index contributed by atoms with van der Waals surface area (Å²) >= 11 is 0. The van der Waals surface area contributed by atoms with Crippen molar-refractivity contribution in [1.82, 2.24) is 15.0 Å². The first-order valence-corrected chi connectivity index (χ1v) is 9.58. The minimum absolute atomic E-state index is 0.114. The van der Waals surface area contributed by atoms with Gasteiger partial charge in [-0.3, -0.25) is 0 Å². The quantitative estimate of drug-likeness (QED) is 0.695. The third-order valence-corrected chi connectivity index (χ3v) is 5.23. The molecular weight excluding hydrogens is 352 g/mol. The molecule has 0 fully saturated rings. The zero-order valence-electron chi connectivity index (χ0n) is 16.3. The fraction of sp³-hybridized carbons (Fsp3) is 0.318. The van der Waals surface area contributed by atoms with Crippen LogP contribution in [0.25, 0.3) is 11.5 Å². The Morgan fingerprint density at radius 1 is 1.18 bits per heavy atom. The van der Waals surface area contributed by atoms with E-state index in [-0.39, 0.29) is 18.0 Å². The summed E-state index contributed by atoms with van der Waals surface area (Å²) in [6.45, 7) is 4.04. The van der Waals surface area contributed by atoms with Crippen molar-refractivity contribution in [3.05, 3.63) is 65.5 Å². The van der Waals surface area contributed by atoms with Crippen LogP contribution in [0.3, 0.4) is 0 Å². The number of fused-ring (bicyclic) bond motifs is 1. The van der Waals surface area contributed by atoms with E-state index in [1.54, 1.807) is 4.90 Å². The Bertz CT molecular complexity index is 978. The number of nitrogens with zero attached hydrogens (tertiary/aromatic N) is 3. The van der Waals surface area contributed by atoms with Crippen molar-refractivity contribution in [3.63, 3.8) is 0 Å². The number of benzene rings is 2. The van der Waals surface area contributed by atoms with Crippen LogP contribution in [0.2, 0.25) is 0 Å². The van der Waals surface area contributed by atoms with Gasteiger partial charge in [0.25, 0.3) is 5.89 Å². The largest absolute Gasteiger partial charge is 0.334 e. The second-order valence-corrected chi connectivity index (χ2v) is 7.48. The molecule has 1 unspecified atom stereocenters. The van der Waals surface area contributed by atoms with Gasteiger partial charge in [-0.15, -0.1) is 0 Å². The number of amides is 2. The maximum absolute atomic E-state index is 12.7. The number of hydrogen-bond acceptors (Lipinski definition) is 4. The van der Waals surface area contributed by atoms with E-state index in [1.165, 1.54) is 11.1 Å². The first-order chi connectivity index (χ1) is 13.5. The molecule has 1 aromatic heterocycles. The van der Waals surface area contributed by atoms with Gasteiger partial charge in [0.2, 0.25) is 0 Å². The van der Waals surface area contributed by atoms with Crippen molar-refractivity contribution in [3.8, 4) is 11.5 Å². The van der Waals surface area contributed by atoms with Gasteiger partial charge in [0.15, 0.2) is 5.82 Å². The smallest absolute Gasteiger partial charge is 0.322 e. The van der Waals surface area contributed by atoms with E-state index in [2.05, 4.69) is 33.7 Å². The lowest BCUT2D eigenvalue weighted by atomic mass is 10.1. The number of nitrogens with one attached hydrogen (secondary N) is 1. The van der Waals surface area contributed by atoms with Crippen LogP contribution in [0.4, 0.5) is 10.5 Å². The van der Waals surface area contributed by atoms with Crippen molar-refractivity contribution in [2.24, 2.45) is 0 Å². The van der Waals surface area contributed by atoms with Crippen LogP contribution in [0, 0.1) is 0 Å². The van der Waals surface area contributed by atoms with Crippen LogP contribution in [-0.4, -0.2) is 28.1 Å². The normalized spacial score (nSPS) is 15.5. The van der Waals surface area contributed by atoms with Gasteiger partial charge < -0.3 is 14.7 Å². The number of aromatic nitrogens is 2. The summed E-state index contributed by atoms with van der Waals surface area (Å²) in [5.41, 5.74) is 4.13. The summed E-state index contributed by atoms with van der Waals surface area (Å²) in [4.78, 5) is 18.9. The molecule has 1 aliphatic rings. The average molecular weight is 376 g/mol. The molecule has 6 nitrogen and oxygen atoms in total. The van der Waals surface area contributed by atoms with Crippen molar-refractivity contribution in [2.45, 2.75) is 38.6 Å². The molecule has 0 saturated carbocycles. The minimum Gasteiger partial charge on any atom is -0.334 e. The first-order valence-electron chi connectivity index (χ1n) is 9.58. The number of hydrogen-bond donors (Lipinski definition) is 1. The number of aryl methyl sites for hydroxylation is 1. The highest BCUT2D eigenvalue weighted by Crippen LogP contribution is 2.35. The third kappa shape index (κ3) is 3.50. The fourth-order valence-electron chi connectivity index (χ4n) is 3.57. The molecule has 0 spiro atoms. The SMILES string of the molecule is CC(C)c1noc(-c2ccc(NC(=O)N(C)C3CCc4ccccc43)cc2)n1. The zero-order chi connectivity index (χ0) is 19.7. The minimum atomic E-state index is -0.116. The molecule has 3 aromatic rings. The van der Waals surface area contributed by atoms with Gasteiger partial charge in [-0.1, -0.05) is 43.3 Å². The van der Waals surface area contributed by atoms with E-state index < -0.39 is 0 Å². The molecular formula is C22H24N4O2. The maximum atomic E-state index is 12.7. The lowest BCUT2D eigenvalue weighted by Crippen LogP contribution is -2.33. The van der Waals surface area contributed by atoms with Gasteiger partial charge in [-0.05, 0) is 48.2 Å². The van der Waals surface area contributed by atoms with Gasteiger partial charge in [0.1, 0.15) is 0 Å². The molecule has 4 rings (SSSR count). The molecule has 28 heavy (non-hydrogen) atoms. The Hall–Kier alpha value is -3.15. The van der Waals surface area contributed by atoms with Gasteiger partial charge in [-0.2, -0.15) is 4.98 Å². The molecule has 0 saturated heterocycles. The summed E-state index contributed by atoms with van der Waals surface area (Å²) in [5.74, 6) is 1.39. The third-order valence-electron chi connectivity index (χ3n) is 5.23. The van der Waals surface area contributed by atoms with E-state index >= 15 is 0 Å². The molecule has 1 aliphatic carbocycles. The van der Waals surface area contributed by atoms with Crippen LogP contribution in [0.5, 0.6) is 0 Å². The van der Waals surface area contributed by atoms with Gasteiger partial charge in [0.05, 0.1) is 6.04 Å². The number of carbonyl (C=O) groups excluding carboxylic acids is 1. The molecule has 2 aromatic carbocycles. The van der Waals surface area contributed by atoms with E-state index in [1.807, 2.05) is 51.2 Å². The number of rotatable bonds is 4. The van der Waals surface area contributed by atoms with Crippen LogP contribution in [-0.2, 0) is 6.42 Å². The molecule has 0 radical (unpaired) electrons. The van der Waals surface area contributed by atoms with Crippen molar-refractivity contribution < 1.29 is 9.32 Å². The van der Waals surface area contributed by atoms with Gasteiger partial charge in [-0.25, -0.2) is 4.79 Å². The maximum Gasteiger partial charge on any atom is 0.322 e. The fourth-order valence-corrected chi connectivity index (χ4v) is 3.57. The Morgan fingerprint density at radius 2 is 1.93 bits per heavy atom. The predicted molar refractivity (Wildman–Crippen MR) is 108 cm³/mol. The highest BCUT2D eigenvalue weighted by molar-refractivity contribution is 5.89. The summed E-state index contributed by atoms with van der Waals surface area (Å²) in [5, 5.41) is 6.96. The molecule has 0 aliphatic heterocycles. The second kappa shape index (κ2) is 7.46. The number of urea groups is 1. The topological polar surface area (TPSA) is 71.3 Å². The monoisotopic (exact) mass is 376 g/mol. The molecule has 2 amide bonds. The van der Waals surface area contributed by atoms with E-state index in [0.717, 1.165) is 24.1 Å². The summed E-state index contributed by atoms with van der Waals surface area (Å²) < 4.78 is 5.32. The zero-order valence-corrected chi connectivity index (χ0v) is 16.3. The number of carbonyl (C=O) groups is 1. The second-order valence-electron chi connectivity index (χ2n) is 7.48. The highest BCUT2D eigenvalue weighted by Gasteiger charge is 2.28. The lowest BCUT2D eigenvalue weighted by molar-refractivity contribution is 0.204. The lowest BCUT2D eigenvalue weighted by Gasteiger charge is -2.25. The van der Waals surface area contributed by atoms with Crippen LogP contribution in [0.1, 0.15) is 49.2 Å². The molecule has 144 valence electrons. The van der Waals surface area contributed by atoms with Crippen LogP contribution < -0.4 is 5.32 Å². The molecule has 0 bridgehead atoms. The Balaban J connectivity index is 1.43. The number of anilines is 1. The van der Waals surface area contributed by atoms with E-state index in [9.17, 15) is 4.79 Å². The van der Waals surface area contributed by atoms with Gasteiger partial charge >= 0.3 is 6.03 Å². The summed E-state index contributed by atoms with van der Waals surface area (Å²) in [6.07, 6.45) is 1.97. The molecule has 6 heteroatoms. The Labute approximate surface area is 164 Å². The molecule has 1 heterocycles.